The van der Waals surface area contributed by atoms with E-state index in [-0.39, 0.29) is 0 Å². The first-order chi connectivity index (χ1) is 8.10. The van der Waals surface area contributed by atoms with Crippen molar-refractivity contribution >= 4 is 11.6 Å². The Balaban J connectivity index is 2.96. The van der Waals surface area contributed by atoms with E-state index in [1.165, 1.54) is 36.0 Å². The molecule has 0 aliphatic carbocycles. The lowest BCUT2D eigenvalue weighted by Crippen LogP contribution is -2.22. The van der Waals surface area contributed by atoms with Gasteiger partial charge in [-0.2, -0.15) is 0 Å². The summed E-state index contributed by atoms with van der Waals surface area (Å²) in [4.78, 5) is 0. The van der Waals surface area contributed by atoms with Crippen LogP contribution in [0.2, 0.25) is 5.02 Å². The van der Waals surface area contributed by atoms with E-state index in [0.717, 1.165) is 11.6 Å². The van der Waals surface area contributed by atoms with Crippen LogP contribution in [-0.2, 0) is 0 Å². The third kappa shape index (κ3) is 4.01. The minimum atomic E-state index is 0.468. The van der Waals surface area contributed by atoms with Crippen LogP contribution >= 0.6 is 11.6 Å². The van der Waals surface area contributed by atoms with Gasteiger partial charge in [-0.15, -0.1) is 0 Å². The molecule has 0 saturated heterocycles. The Bertz CT molecular complexity index is 360. The lowest BCUT2D eigenvalue weighted by Gasteiger charge is -2.21. The summed E-state index contributed by atoms with van der Waals surface area (Å²) in [7, 11) is 0. The summed E-state index contributed by atoms with van der Waals surface area (Å²) >= 11 is 6.15. The van der Waals surface area contributed by atoms with E-state index in [9.17, 15) is 0 Å². The molecule has 1 nitrogen and oxygen atoms in total. The average Bonchev–Trinajstić information content (AvgIpc) is 2.29. The third-order valence-electron chi connectivity index (χ3n) is 3.14. The van der Waals surface area contributed by atoms with Crippen LogP contribution in [0.15, 0.2) is 12.1 Å². The van der Waals surface area contributed by atoms with E-state index in [2.05, 4.69) is 45.1 Å². The smallest absolute Gasteiger partial charge is 0.0438 e. The van der Waals surface area contributed by atoms with Crippen molar-refractivity contribution in [3.05, 3.63) is 33.8 Å². The maximum absolute atomic E-state index is 6.15. The zero-order valence-electron chi connectivity index (χ0n) is 11.4. The van der Waals surface area contributed by atoms with Gasteiger partial charge in [0.1, 0.15) is 0 Å². The standard InChI is InChI=1S/C15H24ClN/c1-5-7-15(17-8-6-2)13-9-12(4)14(16)10-11(13)3/h9-10,15,17H,5-8H2,1-4H3. The Morgan fingerprint density at radius 2 is 1.82 bits per heavy atom. The van der Waals surface area contributed by atoms with E-state index in [1.807, 2.05) is 0 Å². The quantitative estimate of drug-likeness (QED) is 0.768. The van der Waals surface area contributed by atoms with Crippen LogP contribution in [0.5, 0.6) is 0 Å². The van der Waals surface area contributed by atoms with Crippen LogP contribution in [0.1, 0.15) is 55.8 Å². The molecule has 1 rings (SSSR count). The molecular formula is C15H24ClN. The Morgan fingerprint density at radius 1 is 1.12 bits per heavy atom. The number of nitrogens with one attached hydrogen (secondary N) is 1. The van der Waals surface area contributed by atoms with Crippen molar-refractivity contribution in [2.45, 2.75) is 53.0 Å². The SMILES string of the molecule is CCCNC(CCC)c1cc(C)c(Cl)cc1C. The Kier molecular flexibility index (Phi) is 6.01. The van der Waals surface area contributed by atoms with Gasteiger partial charge in [-0.1, -0.05) is 37.9 Å². The van der Waals surface area contributed by atoms with Gasteiger partial charge in [-0.25, -0.2) is 0 Å². The molecule has 1 aromatic rings. The summed E-state index contributed by atoms with van der Waals surface area (Å²) in [5, 5.41) is 4.50. The molecule has 0 heterocycles. The van der Waals surface area contributed by atoms with Crippen molar-refractivity contribution in [1.29, 1.82) is 0 Å². The summed E-state index contributed by atoms with van der Waals surface area (Å²) in [6, 6.07) is 4.79. The summed E-state index contributed by atoms with van der Waals surface area (Å²) in [5.41, 5.74) is 3.87. The number of hydrogen-bond acceptors (Lipinski definition) is 1. The maximum Gasteiger partial charge on any atom is 0.0438 e. The molecule has 1 N–H and O–H groups in total. The number of hydrogen-bond donors (Lipinski definition) is 1. The monoisotopic (exact) mass is 253 g/mol. The molecule has 0 amide bonds. The molecular weight excluding hydrogens is 230 g/mol. The molecule has 1 aromatic carbocycles. The second-order valence-corrected chi connectivity index (χ2v) is 5.16. The Labute approximate surface area is 111 Å². The summed E-state index contributed by atoms with van der Waals surface area (Å²) in [6.07, 6.45) is 3.55. The molecule has 0 radical (unpaired) electrons. The average molecular weight is 254 g/mol. The molecule has 1 unspecified atom stereocenters. The van der Waals surface area contributed by atoms with Gasteiger partial charge in [0.05, 0.1) is 0 Å². The first kappa shape index (κ1) is 14.5. The van der Waals surface area contributed by atoms with E-state index < -0.39 is 0 Å². The van der Waals surface area contributed by atoms with E-state index in [0.29, 0.717) is 6.04 Å². The van der Waals surface area contributed by atoms with Crippen LogP contribution in [-0.4, -0.2) is 6.54 Å². The van der Waals surface area contributed by atoms with Crippen molar-refractivity contribution in [3.8, 4) is 0 Å². The second-order valence-electron chi connectivity index (χ2n) is 4.75. The van der Waals surface area contributed by atoms with Gasteiger partial charge < -0.3 is 5.32 Å². The van der Waals surface area contributed by atoms with Gasteiger partial charge >= 0.3 is 0 Å². The first-order valence-electron chi connectivity index (χ1n) is 6.60. The Morgan fingerprint density at radius 3 is 2.41 bits per heavy atom. The van der Waals surface area contributed by atoms with E-state index in [1.54, 1.807) is 0 Å². The molecule has 17 heavy (non-hydrogen) atoms. The fraction of sp³-hybridized carbons (Fsp3) is 0.600. The molecule has 96 valence electrons. The highest BCUT2D eigenvalue weighted by atomic mass is 35.5. The highest BCUT2D eigenvalue weighted by Crippen LogP contribution is 2.27. The van der Waals surface area contributed by atoms with Gasteiger partial charge in [-0.05, 0) is 56.0 Å². The van der Waals surface area contributed by atoms with Crippen LogP contribution in [0.3, 0.4) is 0 Å². The van der Waals surface area contributed by atoms with Gasteiger partial charge in [-0.3, -0.25) is 0 Å². The fourth-order valence-electron chi connectivity index (χ4n) is 2.15. The van der Waals surface area contributed by atoms with Crippen LogP contribution in [0, 0.1) is 13.8 Å². The topological polar surface area (TPSA) is 12.0 Å². The minimum absolute atomic E-state index is 0.468. The normalized spacial score (nSPS) is 12.8. The number of rotatable bonds is 6. The summed E-state index contributed by atoms with van der Waals surface area (Å²) in [6.45, 7) is 9.74. The molecule has 0 aliphatic heterocycles. The molecule has 1 atom stereocenters. The lowest BCUT2D eigenvalue weighted by atomic mass is 9.95. The van der Waals surface area contributed by atoms with E-state index in [4.69, 9.17) is 11.6 Å². The number of halogens is 1. The fourth-order valence-corrected chi connectivity index (χ4v) is 2.37. The first-order valence-corrected chi connectivity index (χ1v) is 6.98. The second kappa shape index (κ2) is 7.03. The summed E-state index contributed by atoms with van der Waals surface area (Å²) in [5.74, 6) is 0. The largest absolute Gasteiger partial charge is 0.310 e. The van der Waals surface area contributed by atoms with E-state index >= 15 is 0 Å². The van der Waals surface area contributed by atoms with Crippen LogP contribution in [0.4, 0.5) is 0 Å². The molecule has 0 spiro atoms. The van der Waals surface area contributed by atoms with Gasteiger partial charge in [0.25, 0.3) is 0 Å². The van der Waals surface area contributed by atoms with Crippen LogP contribution in [0.25, 0.3) is 0 Å². The lowest BCUT2D eigenvalue weighted by molar-refractivity contribution is 0.492. The predicted octanol–water partition coefficient (Wildman–Crippen LogP) is 4.80. The van der Waals surface area contributed by atoms with Gasteiger partial charge in [0.2, 0.25) is 0 Å². The van der Waals surface area contributed by atoms with Crippen molar-refractivity contribution in [1.82, 2.24) is 5.32 Å². The highest BCUT2D eigenvalue weighted by Gasteiger charge is 2.13. The van der Waals surface area contributed by atoms with Gasteiger partial charge in [0.15, 0.2) is 0 Å². The van der Waals surface area contributed by atoms with Crippen molar-refractivity contribution in [2.24, 2.45) is 0 Å². The summed E-state index contributed by atoms with van der Waals surface area (Å²) < 4.78 is 0. The predicted molar refractivity (Wildman–Crippen MR) is 76.9 cm³/mol. The van der Waals surface area contributed by atoms with Crippen LogP contribution < -0.4 is 5.32 Å². The number of aryl methyl sites for hydroxylation is 2. The highest BCUT2D eigenvalue weighted by molar-refractivity contribution is 6.31. The molecule has 0 bridgehead atoms. The third-order valence-corrected chi connectivity index (χ3v) is 3.55. The molecule has 0 aliphatic rings. The molecule has 0 fully saturated rings. The van der Waals surface area contributed by atoms with Crippen molar-refractivity contribution < 1.29 is 0 Å². The van der Waals surface area contributed by atoms with Crippen molar-refractivity contribution in [2.75, 3.05) is 6.54 Å². The minimum Gasteiger partial charge on any atom is -0.310 e. The maximum atomic E-state index is 6.15. The zero-order chi connectivity index (χ0) is 12.8. The molecule has 2 heteroatoms. The van der Waals surface area contributed by atoms with Crippen molar-refractivity contribution in [3.63, 3.8) is 0 Å². The number of benzene rings is 1. The van der Waals surface area contributed by atoms with Gasteiger partial charge in [0, 0.05) is 11.1 Å². The molecule has 0 saturated carbocycles. The zero-order valence-corrected chi connectivity index (χ0v) is 12.2. The Hall–Kier alpha value is -0.530. The molecule has 0 aromatic heterocycles.